The van der Waals surface area contributed by atoms with Gasteiger partial charge in [-0.15, -0.1) is 10.3 Å². The summed E-state index contributed by atoms with van der Waals surface area (Å²) in [6, 6.07) is 6.84. The third-order valence-electron chi connectivity index (χ3n) is 4.10. The third-order valence-corrected chi connectivity index (χ3v) is 4.10. The summed E-state index contributed by atoms with van der Waals surface area (Å²) < 4.78 is 0. The van der Waals surface area contributed by atoms with Crippen LogP contribution in [0.1, 0.15) is 50.9 Å². The molecule has 115 valence electrons. The van der Waals surface area contributed by atoms with Crippen molar-refractivity contribution in [3.8, 4) is 0 Å². The quantitative estimate of drug-likeness (QED) is 0.821. The van der Waals surface area contributed by atoms with Crippen LogP contribution in [-0.4, -0.2) is 28.1 Å². The van der Waals surface area contributed by atoms with Crippen molar-refractivity contribution < 1.29 is 10.0 Å². The lowest BCUT2D eigenvalue weighted by Crippen LogP contribution is -2.62. The van der Waals surface area contributed by atoms with E-state index in [9.17, 15) is 10.0 Å². The van der Waals surface area contributed by atoms with Gasteiger partial charge < -0.3 is 11.1 Å². The van der Waals surface area contributed by atoms with Crippen molar-refractivity contribution >= 4 is 11.6 Å². The van der Waals surface area contributed by atoms with Gasteiger partial charge in [-0.25, -0.2) is 0 Å². The van der Waals surface area contributed by atoms with Gasteiger partial charge in [0.1, 0.15) is 0 Å². The zero-order chi connectivity index (χ0) is 15.8. The standard InChI is InChI=1S/C16H24N3O2/c1-15(2)9-13(10-16(3,4)19(15)21)18-14(20)11-5-7-12(17)8-6-11/h5-8,13H,9-10,17H2,1-4H3,(H,18,20). The van der Waals surface area contributed by atoms with Crippen LogP contribution in [0.3, 0.4) is 0 Å². The highest BCUT2D eigenvalue weighted by Crippen LogP contribution is 2.37. The second-order valence-electron chi connectivity index (χ2n) is 7.12. The minimum Gasteiger partial charge on any atom is -0.399 e. The number of anilines is 1. The Morgan fingerprint density at radius 2 is 1.62 bits per heavy atom. The van der Waals surface area contributed by atoms with Crippen LogP contribution in [-0.2, 0) is 5.21 Å². The molecule has 3 N–H and O–H groups in total. The van der Waals surface area contributed by atoms with Crippen LogP contribution in [0.25, 0.3) is 0 Å². The molecule has 1 aromatic rings. The number of amides is 1. The number of benzene rings is 1. The fourth-order valence-electron chi connectivity index (χ4n) is 3.27. The largest absolute Gasteiger partial charge is 0.399 e. The van der Waals surface area contributed by atoms with Crippen molar-refractivity contribution in [3.05, 3.63) is 29.8 Å². The first kappa shape index (κ1) is 15.8. The molecule has 2 rings (SSSR count). The van der Waals surface area contributed by atoms with E-state index in [-0.39, 0.29) is 11.9 Å². The first-order valence-electron chi connectivity index (χ1n) is 7.26. The van der Waals surface area contributed by atoms with E-state index in [0.717, 1.165) is 5.06 Å². The summed E-state index contributed by atoms with van der Waals surface area (Å²) in [4.78, 5) is 12.3. The molecule has 1 aromatic carbocycles. The molecule has 1 aliphatic rings. The van der Waals surface area contributed by atoms with E-state index in [1.807, 2.05) is 27.7 Å². The Balaban J connectivity index is 2.09. The Hall–Kier alpha value is -1.59. The number of nitrogens with two attached hydrogens (primary N) is 1. The Labute approximate surface area is 126 Å². The van der Waals surface area contributed by atoms with E-state index >= 15 is 0 Å². The van der Waals surface area contributed by atoms with Crippen LogP contribution in [0, 0.1) is 0 Å². The molecule has 1 radical (unpaired) electrons. The number of carbonyl (C=O) groups is 1. The van der Waals surface area contributed by atoms with Crippen molar-refractivity contribution in [2.24, 2.45) is 0 Å². The Morgan fingerprint density at radius 1 is 1.14 bits per heavy atom. The van der Waals surface area contributed by atoms with E-state index in [2.05, 4.69) is 5.32 Å². The number of hydrogen-bond acceptors (Lipinski definition) is 3. The van der Waals surface area contributed by atoms with Gasteiger partial charge >= 0.3 is 0 Å². The molecule has 21 heavy (non-hydrogen) atoms. The van der Waals surface area contributed by atoms with Gasteiger partial charge in [0.2, 0.25) is 0 Å². The second-order valence-corrected chi connectivity index (χ2v) is 7.12. The molecule has 5 heteroatoms. The summed E-state index contributed by atoms with van der Waals surface area (Å²) in [7, 11) is 0. The number of hydroxylamine groups is 2. The number of nitrogens with zero attached hydrogens (tertiary/aromatic N) is 1. The van der Waals surface area contributed by atoms with Crippen LogP contribution in [0.5, 0.6) is 0 Å². The summed E-state index contributed by atoms with van der Waals surface area (Å²) in [5.74, 6) is -0.119. The maximum atomic E-state index is 12.3. The van der Waals surface area contributed by atoms with E-state index < -0.39 is 11.1 Å². The summed E-state index contributed by atoms with van der Waals surface area (Å²) in [6.45, 7) is 7.68. The van der Waals surface area contributed by atoms with Crippen molar-refractivity contribution in [2.75, 3.05) is 5.73 Å². The second kappa shape index (κ2) is 5.31. The molecular weight excluding hydrogens is 266 g/mol. The van der Waals surface area contributed by atoms with Crippen LogP contribution >= 0.6 is 0 Å². The molecule has 0 aromatic heterocycles. The average Bonchev–Trinajstić information content (AvgIpc) is 2.36. The lowest BCUT2D eigenvalue weighted by Gasteiger charge is -2.50. The Kier molecular flexibility index (Phi) is 4.00. The van der Waals surface area contributed by atoms with Crippen LogP contribution in [0.4, 0.5) is 5.69 Å². The van der Waals surface area contributed by atoms with Gasteiger partial charge in [-0.05, 0) is 64.8 Å². The highest BCUT2D eigenvalue weighted by molar-refractivity contribution is 5.94. The number of hydrogen-bond donors (Lipinski definition) is 2. The van der Waals surface area contributed by atoms with Crippen molar-refractivity contribution in [2.45, 2.75) is 57.7 Å². The predicted molar refractivity (Wildman–Crippen MR) is 82.0 cm³/mol. The average molecular weight is 290 g/mol. The zero-order valence-electron chi connectivity index (χ0n) is 13.1. The SMILES string of the molecule is CC1(C)CC(NC(=O)c2ccc(N)cc2)CC(C)(C)N1[O]. The molecule has 0 aliphatic carbocycles. The number of nitrogen functional groups attached to an aromatic ring is 1. The first-order valence-corrected chi connectivity index (χ1v) is 7.26. The van der Waals surface area contributed by atoms with Crippen molar-refractivity contribution in [1.82, 2.24) is 10.4 Å². The van der Waals surface area contributed by atoms with Crippen molar-refractivity contribution in [3.63, 3.8) is 0 Å². The van der Waals surface area contributed by atoms with Gasteiger partial charge in [0.25, 0.3) is 5.91 Å². The normalized spacial score (nSPS) is 22.0. The monoisotopic (exact) mass is 290 g/mol. The van der Waals surface area contributed by atoms with Gasteiger partial charge in [0.05, 0.1) is 0 Å². The third kappa shape index (κ3) is 3.36. The smallest absolute Gasteiger partial charge is 0.251 e. The van der Waals surface area contributed by atoms with Gasteiger partial charge in [-0.1, -0.05) is 0 Å². The fraction of sp³-hybridized carbons (Fsp3) is 0.562. The lowest BCUT2D eigenvalue weighted by atomic mass is 9.79. The van der Waals surface area contributed by atoms with Gasteiger partial charge in [-0.3, -0.25) is 4.79 Å². The number of carbonyl (C=O) groups excluding carboxylic acids is 1. The summed E-state index contributed by atoms with van der Waals surface area (Å²) in [5.41, 5.74) is 5.88. The minimum atomic E-state index is -0.485. The molecular formula is C16H24N3O2. The van der Waals surface area contributed by atoms with Gasteiger partial charge in [0.15, 0.2) is 0 Å². The molecule has 1 saturated heterocycles. The maximum absolute atomic E-state index is 12.3. The van der Waals surface area contributed by atoms with E-state index in [0.29, 0.717) is 24.1 Å². The topological polar surface area (TPSA) is 78.3 Å². The van der Waals surface area contributed by atoms with Crippen LogP contribution in [0.15, 0.2) is 24.3 Å². The molecule has 0 atom stereocenters. The summed E-state index contributed by atoms with van der Waals surface area (Å²) in [6.07, 6.45) is 1.28. The van der Waals surface area contributed by atoms with E-state index in [1.165, 1.54) is 0 Å². The molecule has 0 saturated carbocycles. The molecule has 5 nitrogen and oxygen atoms in total. The molecule has 1 aliphatic heterocycles. The summed E-state index contributed by atoms with van der Waals surface area (Å²) in [5, 5.41) is 16.5. The highest BCUT2D eigenvalue weighted by Gasteiger charge is 2.46. The van der Waals surface area contributed by atoms with Gasteiger partial charge in [-0.2, -0.15) is 0 Å². The molecule has 1 fully saturated rings. The van der Waals surface area contributed by atoms with E-state index in [4.69, 9.17) is 5.73 Å². The molecule has 0 spiro atoms. The lowest BCUT2D eigenvalue weighted by molar-refractivity contribution is -0.289. The molecule has 1 heterocycles. The van der Waals surface area contributed by atoms with Gasteiger partial charge in [0, 0.05) is 28.4 Å². The maximum Gasteiger partial charge on any atom is 0.251 e. The minimum absolute atomic E-state index is 0.00902. The number of nitrogens with one attached hydrogen (secondary N) is 1. The van der Waals surface area contributed by atoms with Crippen LogP contribution in [0.2, 0.25) is 0 Å². The predicted octanol–water partition coefficient (Wildman–Crippen LogP) is 2.37. The van der Waals surface area contributed by atoms with Crippen LogP contribution < -0.4 is 11.1 Å². The number of piperidine rings is 1. The number of rotatable bonds is 2. The zero-order valence-corrected chi connectivity index (χ0v) is 13.1. The summed E-state index contributed by atoms with van der Waals surface area (Å²) >= 11 is 0. The first-order chi connectivity index (χ1) is 9.62. The Bertz CT molecular complexity index is 505. The van der Waals surface area contributed by atoms with Crippen molar-refractivity contribution in [1.29, 1.82) is 0 Å². The Morgan fingerprint density at radius 3 is 2.10 bits per heavy atom. The van der Waals surface area contributed by atoms with E-state index in [1.54, 1.807) is 24.3 Å². The molecule has 0 bridgehead atoms. The molecule has 1 amide bonds. The molecule has 0 unspecified atom stereocenters. The fourth-order valence-corrected chi connectivity index (χ4v) is 3.27. The highest BCUT2D eigenvalue weighted by atomic mass is 16.5.